The number of benzene rings is 1. The predicted octanol–water partition coefficient (Wildman–Crippen LogP) is 3.08. The molecule has 0 aliphatic rings. The van der Waals surface area contributed by atoms with E-state index in [4.69, 9.17) is 0 Å². The highest BCUT2D eigenvalue weighted by Gasteiger charge is 2.17. The zero-order valence-electron chi connectivity index (χ0n) is 14.3. The van der Waals surface area contributed by atoms with Crippen LogP contribution < -0.4 is 5.32 Å². The van der Waals surface area contributed by atoms with E-state index in [1.54, 1.807) is 24.3 Å². The Hall–Kier alpha value is -2.14. The fraction of sp³-hybridized carbons (Fsp3) is 0.188. The van der Waals surface area contributed by atoms with Gasteiger partial charge in [0.1, 0.15) is 4.88 Å². The zero-order valence-corrected chi connectivity index (χ0v) is 16.7. The first kappa shape index (κ1) is 18.6. The summed E-state index contributed by atoms with van der Waals surface area (Å²) in [5.74, 6) is -0.246. The number of hydrogen-bond donors (Lipinski definition) is 1. The SMILES string of the molecule is Cc1ncc(C(=O)Nc2nc(-c3ccc(S(=O)(=O)N(C)C)cc3)cs2)s1. The van der Waals surface area contributed by atoms with Gasteiger partial charge in [0.25, 0.3) is 5.91 Å². The molecule has 0 aliphatic heterocycles. The molecule has 3 aromatic rings. The van der Waals surface area contributed by atoms with Gasteiger partial charge >= 0.3 is 0 Å². The molecule has 3 rings (SSSR count). The fourth-order valence-electron chi connectivity index (χ4n) is 2.10. The molecule has 1 amide bonds. The van der Waals surface area contributed by atoms with Crippen LogP contribution in [0.25, 0.3) is 11.3 Å². The van der Waals surface area contributed by atoms with E-state index < -0.39 is 10.0 Å². The molecule has 0 unspecified atom stereocenters. The molecule has 0 bridgehead atoms. The number of aromatic nitrogens is 2. The number of anilines is 1. The van der Waals surface area contributed by atoms with Crippen LogP contribution in [0.4, 0.5) is 5.13 Å². The van der Waals surface area contributed by atoms with Crippen LogP contribution in [0.15, 0.2) is 40.7 Å². The maximum Gasteiger partial charge on any atom is 0.269 e. The van der Waals surface area contributed by atoms with Gasteiger partial charge in [0.05, 0.1) is 21.8 Å². The Balaban J connectivity index is 1.76. The van der Waals surface area contributed by atoms with Crippen molar-refractivity contribution in [3.05, 3.63) is 45.7 Å². The van der Waals surface area contributed by atoms with Crippen molar-refractivity contribution in [3.63, 3.8) is 0 Å². The highest BCUT2D eigenvalue weighted by atomic mass is 32.2. The summed E-state index contributed by atoms with van der Waals surface area (Å²) < 4.78 is 25.4. The highest BCUT2D eigenvalue weighted by Crippen LogP contribution is 2.27. The van der Waals surface area contributed by atoms with Crippen LogP contribution in [0.1, 0.15) is 14.7 Å². The van der Waals surface area contributed by atoms with Crippen LogP contribution in [0.2, 0.25) is 0 Å². The lowest BCUT2D eigenvalue weighted by Gasteiger charge is -2.11. The van der Waals surface area contributed by atoms with E-state index in [9.17, 15) is 13.2 Å². The van der Waals surface area contributed by atoms with Gasteiger partial charge in [-0.2, -0.15) is 0 Å². The summed E-state index contributed by atoms with van der Waals surface area (Å²) in [5, 5.41) is 5.85. The lowest BCUT2D eigenvalue weighted by Crippen LogP contribution is -2.22. The second kappa shape index (κ2) is 7.23. The van der Waals surface area contributed by atoms with E-state index in [0.717, 1.165) is 10.6 Å². The van der Waals surface area contributed by atoms with Crippen molar-refractivity contribution in [2.24, 2.45) is 0 Å². The van der Waals surface area contributed by atoms with E-state index in [1.165, 1.54) is 47.3 Å². The molecule has 0 saturated carbocycles. The molecular weight excluding hydrogens is 392 g/mol. The van der Waals surface area contributed by atoms with Gasteiger partial charge in [-0.3, -0.25) is 10.1 Å². The van der Waals surface area contributed by atoms with Crippen molar-refractivity contribution >= 4 is 43.7 Å². The standard InChI is InChI=1S/C16H16N4O3S3/c1-10-17-8-14(25-10)15(21)19-16-18-13(9-24-16)11-4-6-12(7-5-11)26(22,23)20(2)3/h4-9H,1-3H3,(H,18,19,21). The predicted molar refractivity (Wildman–Crippen MR) is 103 cm³/mol. The van der Waals surface area contributed by atoms with Crippen molar-refractivity contribution in [3.8, 4) is 11.3 Å². The summed E-state index contributed by atoms with van der Waals surface area (Å²) >= 11 is 2.62. The lowest BCUT2D eigenvalue weighted by atomic mass is 10.2. The molecule has 0 radical (unpaired) electrons. The summed E-state index contributed by atoms with van der Waals surface area (Å²) in [6.45, 7) is 1.84. The van der Waals surface area contributed by atoms with Crippen LogP contribution in [0.5, 0.6) is 0 Å². The first-order valence-corrected chi connectivity index (χ1v) is 10.6. The Morgan fingerprint density at radius 3 is 2.46 bits per heavy atom. The minimum Gasteiger partial charge on any atom is -0.297 e. The number of hydrogen-bond acceptors (Lipinski definition) is 7. The Bertz CT molecular complexity index is 1040. The summed E-state index contributed by atoms with van der Waals surface area (Å²) in [6.07, 6.45) is 1.54. The normalized spacial score (nSPS) is 11.7. The zero-order chi connectivity index (χ0) is 18.9. The molecule has 10 heteroatoms. The third kappa shape index (κ3) is 3.83. The number of rotatable bonds is 5. The first-order chi connectivity index (χ1) is 12.3. The van der Waals surface area contributed by atoms with E-state index in [0.29, 0.717) is 15.7 Å². The second-order valence-electron chi connectivity index (χ2n) is 5.55. The van der Waals surface area contributed by atoms with E-state index in [2.05, 4.69) is 15.3 Å². The molecule has 0 aliphatic carbocycles. The van der Waals surface area contributed by atoms with Gasteiger partial charge < -0.3 is 0 Å². The van der Waals surface area contributed by atoms with E-state index in [1.807, 2.05) is 12.3 Å². The average molecular weight is 409 g/mol. The van der Waals surface area contributed by atoms with Gasteiger partial charge in [0.2, 0.25) is 10.0 Å². The number of aryl methyl sites for hydroxylation is 1. The molecule has 1 aromatic carbocycles. The van der Waals surface area contributed by atoms with Crippen molar-refractivity contribution in [1.82, 2.24) is 14.3 Å². The molecule has 7 nitrogen and oxygen atoms in total. The first-order valence-electron chi connectivity index (χ1n) is 7.49. The van der Waals surface area contributed by atoms with Gasteiger partial charge in [0, 0.05) is 25.0 Å². The molecular formula is C16H16N4O3S3. The number of sulfonamides is 1. The Morgan fingerprint density at radius 1 is 1.19 bits per heavy atom. The second-order valence-corrected chi connectivity index (χ2v) is 9.79. The van der Waals surface area contributed by atoms with Crippen LogP contribution >= 0.6 is 22.7 Å². The molecule has 1 N–H and O–H groups in total. The maximum absolute atomic E-state index is 12.1. The quantitative estimate of drug-likeness (QED) is 0.700. The summed E-state index contributed by atoms with van der Waals surface area (Å²) in [6, 6.07) is 6.48. The van der Waals surface area contributed by atoms with Crippen LogP contribution in [-0.2, 0) is 10.0 Å². The maximum atomic E-state index is 12.1. The largest absolute Gasteiger partial charge is 0.297 e. The van der Waals surface area contributed by atoms with Crippen LogP contribution in [-0.4, -0.2) is 42.7 Å². The Morgan fingerprint density at radius 2 is 1.88 bits per heavy atom. The molecule has 0 atom stereocenters. The molecule has 2 aromatic heterocycles. The minimum atomic E-state index is -3.46. The molecule has 0 spiro atoms. The highest BCUT2D eigenvalue weighted by molar-refractivity contribution is 7.89. The van der Waals surface area contributed by atoms with Crippen molar-refractivity contribution in [2.45, 2.75) is 11.8 Å². The number of carbonyl (C=O) groups excluding carboxylic acids is 1. The average Bonchev–Trinajstić information content (AvgIpc) is 3.24. The van der Waals surface area contributed by atoms with Crippen molar-refractivity contribution in [1.29, 1.82) is 0 Å². The topological polar surface area (TPSA) is 92.3 Å². The molecule has 2 heterocycles. The van der Waals surface area contributed by atoms with E-state index >= 15 is 0 Å². The van der Waals surface area contributed by atoms with Gasteiger partial charge in [-0.05, 0) is 19.1 Å². The Kier molecular flexibility index (Phi) is 5.19. The molecule has 136 valence electrons. The number of nitrogens with one attached hydrogen (secondary N) is 1. The van der Waals surface area contributed by atoms with Gasteiger partial charge in [-0.15, -0.1) is 22.7 Å². The molecule has 0 fully saturated rings. The molecule has 0 saturated heterocycles. The van der Waals surface area contributed by atoms with Crippen molar-refractivity contribution in [2.75, 3.05) is 19.4 Å². The summed E-state index contributed by atoms with van der Waals surface area (Å²) in [5.41, 5.74) is 1.44. The number of amides is 1. The van der Waals surface area contributed by atoms with Crippen molar-refractivity contribution < 1.29 is 13.2 Å². The number of nitrogens with zero attached hydrogens (tertiary/aromatic N) is 3. The van der Waals surface area contributed by atoms with Gasteiger partial charge in [-0.25, -0.2) is 22.7 Å². The fourth-order valence-corrected chi connectivity index (χ4v) is 4.39. The third-order valence-electron chi connectivity index (χ3n) is 3.50. The Labute approximate surface area is 159 Å². The van der Waals surface area contributed by atoms with Crippen LogP contribution in [0, 0.1) is 6.92 Å². The van der Waals surface area contributed by atoms with E-state index in [-0.39, 0.29) is 10.8 Å². The molecule has 26 heavy (non-hydrogen) atoms. The van der Waals surface area contributed by atoms with Gasteiger partial charge in [0.15, 0.2) is 5.13 Å². The lowest BCUT2D eigenvalue weighted by molar-refractivity contribution is 0.103. The minimum absolute atomic E-state index is 0.218. The van der Waals surface area contributed by atoms with Gasteiger partial charge in [-0.1, -0.05) is 12.1 Å². The summed E-state index contributed by atoms with van der Waals surface area (Å²) in [7, 11) is -0.483. The number of carbonyl (C=O) groups is 1. The van der Waals surface area contributed by atoms with Crippen LogP contribution in [0.3, 0.4) is 0 Å². The number of thiazole rings is 2. The monoisotopic (exact) mass is 408 g/mol. The smallest absolute Gasteiger partial charge is 0.269 e. The summed E-state index contributed by atoms with van der Waals surface area (Å²) in [4.78, 5) is 21.3. The third-order valence-corrected chi connectivity index (χ3v) is 7.00.